The van der Waals surface area contributed by atoms with Crippen molar-refractivity contribution >= 4 is 33.0 Å². The number of carbonyl (C=O) groups is 1. The van der Waals surface area contributed by atoms with Crippen LogP contribution in [0.5, 0.6) is 5.75 Å². The van der Waals surface area contributed by atoms with E-state index in [-0.39, 0.29) is 12.3 Å². The molecule has 1 aliphatic carbocycles. The van der Waals surface area contributed by atoms with Crippen LogP contribution in [0.3, 0.4) is 0 Å². The Morgan fingerprint density at radius 3 is 2.50 bits per heavy atom. The number of methoxy groups -OCH3 is 1. The van der Waals surface area contributed by atoms with Gasteiger partial charge in [-0.3, -0.25) is 4.98 Å². The van der Waals surface area contributed by atoms with E-state index < -0.39 is 17.7 Å². The number of halogens is 4. The molecule has 0 fully saturated rings. The molecule has 34 heavy (non-hydrogen) atoms. The minimum Gasteiger partial charge on any atom is -0.488 e. The van der Waals surface area contributed by atoms with E-state index in [0.29, 0.717) is 35.4 Å². The molecule has 3 aromatic rings. The molecule has 0 saturated heterocycles. The first-order valence-corrected chi connectivity index (χ1v) is 11.3. The molecule has 2 aromatic carbocycles. The van der Waals surface area contributed by atoms with Gasteiger partial charge >= 0.3 is 12.1 Å². The molecule has 1 aliphatic rings. The minimum absolute atomic E-state index is 0.0366. The van der Waals surface area contributed by atoms with Crippen LogP contribution >= 0.6 is 15.9 Å². The smallest absolute Gasteiger partial charge is 0.416 e. The van der Waals surface area contributed by atoms with Crippen molar-refractivity contribution in [2.45, 2.75) is 32.0 Å². The molecule has 4 rings (SSSR count). The second kappa shape index (κ2) is 9.97. The van der Waals surface area contributed by atoms with Crippen LogP contribution in [0.4, 0.5) is 13.2 Å². The number of carbonyl (C=O) groups excluding carboxylic acids is 1. The Morgan fingerprint density at radius 1 is 1.06 bits per heavy atom. The molecule has 0 N–H and O–H groups in total. The molecule has 0 saturated carbocycles. The largest absolute Gasteiger partial charge is 0.488 e. The predicted octanol–water partition coefficient (Wildman–Crippen LogP) is 6.72. The lowest BCUT2D eigenvalue weighted by molar-refractivity contribution is -0.137. The molecule has 5 nitrogen and oxygen atoms in total. The van der Waals surface area contributed by atoms with Gasteiger partial charge in [-0.15, -0.1) is 0 Å². The van der Waals surface area contributed by atoms with Gasteiger partial charge in [0.15, 0.2) is 5.69 Å². The fourth-order valence-electron chi connectivity index (χ4n) is 3.85. The molecular formula is C25H20BrF3N2O3. The van der Waals surface area contributed by atoms with Gasteiger partial charge in [-0.1, -0.05) is 28.1 Å². The summed E-state index contributed by atoms with van der Waals surface area (Å²) in [5, 5.41) is 0. The van der Waals surface area contributed by atoms with Crippen molar-refractivity contribution in [3.8, 4) is 5.75 Å². The number of hydrogen-bond donors (Lipinski definition) is 0. The Bertz CT molecular complexity index is 1240. The first-order valence-electron chi connectivity index (χ1n) is 10.5. The summed E-state index contributed by atoms with van der Waals surface area (Å²) in [6.07, 6.45) is 0.178. The second-order valence-electron chi connectivity index (χ2n) is 7.72. The van der Waals surface area contributed by atoms with E-state index in [4.69, 9.17) is 9.47 Å². The second-order valence-corrected chi connectivity index (χ2v) is 8.63. The van der Waals surface area contributed by atoms with Crippen molar-refractivity contribution in [2.75, 3.05) is 7.11 Å². The van der Waals surface area contributed by atoms with Crippen molar-refractivity contribution in [3.05, 3.63) is 87.4 Å². The van der Waals surface area contributed by atoms with Crippen molar-refractivity contribution < 1.29 is 27.4 Å². The molecule has 0 radical (unpaired) electrons. The van der Waals surface area contributed by atoms with Crippen molar-refractivity contribution in [1.29, 1.82) is 0 Å². The van der Waals surface area contributed by atoms with E-state index in [1.54, 1.807) is 0 Å². The third-order valence-corrected chi connectivity index (χ3v) is 6.02. The first-order chi connectivity index (χ1) is 16.3. The molecule has 9 heteroatoms. The third kappa shape index (κ3) is 5.30. The highest BCUT2D eigenvalue weighted by molar-refractivity contribution is 9.10. The number of allylic oxidation sites excluding steroid dienone is 2. The van der Waals surface area contributed by atoms with Crippen LogP contribution < -0.4 is 4.74 Å². The Morgan fingerprint density at radius 2 is 1.79 bits per heavy atom. The summed E-state index contributed by atoms with van der Waals surface area (Å²) >= 11 is 3.38. The van der Waals surface area contributed by atoms with Crippen molar-refractivity contribution in [1.82, 2.24) is 9.97 Å². The Hall–Kier alpha value is -3.20. The Balaban J connectivity index is 1.77. The van der Waals surface area contributed by atoms with Crippen LogP contribution in [0.1, 0.15) is 52.1 Å². The Labute approximate surface area is 202 Å². The van der Waals surface area contributed by atoms with E-state index in [9.17, 15) is 18.0 Å². The number of esters is 1. The van der Waals surface area contributed by atoms with E-state index in [2.05, 4.69) is 25.9 Å². The summed E-state index contributed by atoms with van der Waals surface area (Å²) < 4.78 is 52.2. The zero-order chi connectivity index (χ0) is 24.3. The Kier molecular flexibility index (Phi) is 7.02. The van der Waals surface area contributed by atoms with Gasteiger partial charge in [-0.25, -0.2) is 9.78 Å². The summed E-state index contributed by atoms with van der Waals surface area (Å²) in [6.45, 7) is 0.200. The van der Waals surface area contributed by atoms with Gasteiger partial charge in [0.25, 0.3) is 0 Å². The van der Waals surface area contributed by atoms with Crippen LogP contribution in [0, 0.1) is 0 Å². The fraction of sp³-hybridized carbons (Fsp3) is 0.240. The maximum Gasteiger partial charge on any atom is 0.416 e. The lowest BCUT2D eigenvalue weighted by Crippen LogP contribution is -2.08. The van der Waals surface area contributed by atoms with Crippen LogP contribution in [0.25, 0.3) is 11.1 Å². The first kappa shape index (κ1) is 23.9. The monoisotopic (exact) mass is 532 g/mol. The van der Waals surface area contributed by atoms with Gasteiger partial charge in [0.05, 0.1) is 30.8 Å². The number of hydrogen-bond acceptors (Lipinski definition) is 5. The fourth-order valence-corrected chi connectivity index (χ4v) is 4.11. The number of alkyl halides is 3. The summed E-state index contributed by atoms with van der Waals surface area (Å²) in [7, 11) is 1.24. The highest BCUT2D eigenvalue weighted by Crippen LogP contribution is 2.44. The van der Waals surface area contributed by atoms with E-state index in [0.717, 1.165) is 34.2 Å². The summed E-state index contributed by atoms with van der Waals surface area (Å²) in [5.41, 5.74) is 2.41. The molecule has 1 aromatic heterocycles. The molecule has 0 aliphatic heterocycles. The third-order valence-electron chi connectivity index (χ3n) is 5.50. The zero-order valence-electron chi connectivity index (χ0n) is 18.2. The minimum atomic E-state index is -4.50. The molecule has 0 spiro atoms. The summed E-state index contributed by atoms with van der Waals surface area (Å²) in [6, 6.07) is 11.0. The number of ether oxygens (including phenoxy) is 2. The lowest BCUT2D eigenvalue weighted by Gasteiger charge is -2.17. The maximum atomic E-state index is 13.5. The number of rotatable bonds is 6. The number of aromatic nitrogens is 2. The lowest BCUT2D eigenvalue weighted by atomic mass is 9.97. The number of nitrogens with zero attached hydrogens (tertiary/aromatic N) is 2. The average molecular weight is 533 g/mol. The van der Waals surface area contributed by atoms with Crippen LogP contribution in [0.15, 0.2) is 59.3 Å². The van der Waals surface area contributed by atoms with E-state index in [1.807, 2.05) is 24.3 Å². The van der Waals surface area contributed by atoms with Crippen LogP contribution in [0.2, 0.25) is 0 Å². The number of benzene rings is 2. The molecular weight excluding hydrogens is 513 g/mol. The van der Waals surface area contributed by atoms with Crippen LogP contribution in [-0.4, -0.2) is 23.0 Å². The highest BCUT2D eigenvalue weighted by Gasteiger charge is 2.32. The van der Waals surface area contributed by atoms with E-state index >= 15 is 0 Å². The standard InChI is InChI=1S/C25H20BrF3N2O3/c1-33-24(32)22-13-30-12-21(31-22)19-4-2-3-18(19)20-11-16(25(27,28)29)7-10-23(20)34-14-15-5-8-17(26)9-6-15/h5-13H,2-4,14H2,1H3. The summed E-state index contributed by atoms with van der Waals surface area (Å²) in [4.78, 5) is 20.3. The van der Waals surface area contributed by atoms with Gasteiger partial charge < -0.3 is 9.47 Å². The predicted molar refractivity (Wildman–Crippen MR) is 124 cm³/mol. The molecule has 176 valence electrons. The van der Waals surface area contributed by atoms with Crippen molar-refractivity contribution in [3.63, 3.8) is 0 Å². The molecule has 1 heterocycles. The van der Waals surface area contributed by atoms with Crippen LogP contribution in [-0.2, 0) is 17.5 Å². The van der Waals surface area contributed by atoms with Crippen molar-refractivity contribution in [2.24, 2.45) is 0 Å². The highest BCUT2D eigenvalue weighted by atomic mass is 79.9. The SMILES string of the molecule is COC(=O)c1cncc(C2=C(c3cc(C(F)(F)F)ccc3OCc3ccc(Br)cc3)CCC2)n1. The van der Waals surface area contributed by atoms with Gasteiger partial charge in [0.1, 0.15) is 12.4 Å². The molecule has 0 atom stereocenters. The molecule has 0 amide bonds. The van der Waals surface area contributed by atoms with E-state index in [1.165, 1.54) is 25.6 Å². The van der Waals surface area contributed by atoms with Gasteiger partial charge in [0.2, 0.25) is 0 Å². The van der Waals surface area contributed by atoms with Gasteiger partial charge in [-0.05, 0) is 66.3 Å². The maximum absolute atomic E-state index is 13.5. The molecule has 0 bridgehead atoms. The van der Waals surface area contributed by atoms with Gasteiger partial charge in [-0.2, -0.15) is 13.2 Å². The summed E-state index contributed by atoms with van der Waals surface area (Å²) in [5.74, 6) is -0.283. The topological polar surface area (TPSA) is 61.3 Å². The quantitative estimate of drug-likeness (QED) is 0.330. The molecule has 0 unspecified atom stereocenters. The van der Waals surface area contributed by atoms with Gasteiger partial charge in [0, 0.05) is 10.0 Å². The normalized spacial score (nSPS) is 13.8. The zero-order valence-corrected chi connectivity index (χ0v) is 19.7. The average Bonchev–Trinajstić information content (AvgIpc) is 3.32.